The van der Waals surface area contributed by atoms with Gasteiger partial charge in [-0.25, -0.2) is 4.90 Å². The van der Waals surface area contributed by atoms with Crippen LogP contribution in [-0.2, 0) is 9.59 Å². The highest BCUT2D eigenvalue weighted by Gasteiger charge is 2.20. The van der Waals surface area contributed by atoms with Crippen molar-refractivity contribution in [1.29, 1.82) is 0 Å². The molecule has 0 spiro atoms. The number of imide groups is 1. The number of amides is 2. The molecular weight excluding hydrogens is 364 g/mol. The third-order valence-corrected chi connectivity index (χ3v) is 3.48. The molecule has 0 unspecified atom stereocenters. The molecule has 0 heterocycles. The summed E-state index contributed by atoms with van der Waals surface area (Å²) < 4.78 is 5.54. The number of rotatable bonds is 7. The molecule has 2 amide bonds. The molecule has 2 aromatic carbocycles. The summed E-state index contributed by atoms with van der Waals surface area (Å²) in [6, 6.07) is 12.0. The number of nitro groups is 1. The largest absolute Gasteiger partial charge is 0.491 e. The Labute approximate surface area is 161 Å². The molecule has 0 aliphatic rings. The van der Waals surface area contributed by atoms with Gasteiger partial charge >= 0.3 is 0 Å². The quantitative estimate of drug-likeness (QED) is 0.406. The van der Waals surface area contributed by atoms with Crippen LogP contribution in [0, 0.1) is 10.1 Å². The van der Waals surface area contributed by atoms with Gasteiger partial charge in [0, 0.05) is 19.1 Å². The second-order valence-corrected chi connectivity index (χ2v) is 6.08. The number of non-ortho nitro benzene ring substituents is 1. The number of hydrogen-bond acceptors (Lipinski definition) is 7. The molecular formula is C19H20N4O5. The first-order valence-corrected chi connectivity index (χ1v) is 8.50. The Hall–Kier alpha value is -3.62. The molecule has 0 atom stereocenters. The molecule has 28 heavy (non-hydrogen) atoms. The zero-order chi connectivity index (χ0) is 20.7. The van der Waals surface area contributed by atoms with E-state index in [-0.39, 0.29) is 18.3 Å². The third kappa shape index (κ3) is 5.70. The molecule has 0 N–H and O–H groups in total. The van der Waals surface area contributed by atoms with E-state index in [9.17, 15) is 19.7 Å². The summed E-state index contributed by atoms with van der Waals surface area (Å²) in [7, 11) is 0. The first-order valence-electron chi connectivity index (χ1n) is 8.50. The van der Waals surface area contributed by atoms with Crippen molar-refractivity contribution in [3.8, 4) is 5.75 Å². The zero-order valence-corrected chi connectivity index (χ0v) is 15.7. The van der Waals surface area contributed by atoms with Crippen LogP contribution in [0.3, 0.4) is 0 Å². The Bertz CT molecular complexity index is 876. The van der Waals surface area contributed by atoms with E-state index in [0.717, 1.165) is 4.90 Å². The van der Waals surface area contributed by atoms with Crippen molar-refractivity contribution >= 4 is 28.9 Å². The molecule has 9 nitrogen and oxygen atoms in total. The van der Waals surface area contributed by atoms with Gasteiger partial charge in [-0.15, -0.1) is 0 Å². The maximum absolute atomic E-state index is 12.4. The SMILES string of the molecule is CC(=O)N(C(=O)CN=Nc1ccc([N+](=O)[O-])cc1)c1ccc(OC(C)C)cc1. The summed E-state index contributed by atoms with van der Waals surface area (Å²) in [5.74, 6) is -0.365. The highest BCUT2D eigenvalue weighted by molar-refractivity contribution is 6.14. The van der Waals surface area contributed by atoms with Crippen LogP contribution < -0.4 is 9.64 Å². The number of hydrogen-bond donors (Lipinski definition) is 0. The van der Waals surface area contributed by atoms with Crippen LogP contribution in [-0.4, -0.2) is 29.4 Å². The van der Waals surface area contributed by atoms with Crippen molar-refractivity contribution in [2.75, 3.05) is 11.4 Å². The molecule has 0 bridgehead atoms. The van der Waals surface area contributed by atoms with Crippen LogP contribution >= 0.6 is 0 Å². The van der Waals surface area contributed by atoms with Crippen LogP contribution in [0.1, 0.15) is 20.8 Å². The van der Waals surface area contributed by atoms with E-state index < -0.39 is 16.7 Å². The molecule has 0 fully saturated rings. The maximum atomic E-state index is 12.4. The van der Waals surface area contributed by atoms with Crippen molar-refractivity contribution in [3.63, 3.8) is 0 Å². The Kier molecular flexibility index (Phi) is 6.91. The summed E-state index contributed by atoms with van der Waals surface area (Å²) in [5.41, 5.74) is 0.699. The Morgan fingerprint density at radius 1 is 1.11 bits per heavy atom. The van der Waals surface area contributed by atoms with Gasteiger partial charge in [0.05, 0.1) is 22.4 Å². The molecule has 0 saturated heterocycles. The average molecular weight is 384 g/mol. The number of nitrogens with zero attached hydrogens (tertiary/aromatic N) is 4. The van der Waals surface area contributed by atoms with Gasteiger partial charge in [-0.3, -0.25) is 19.7 Å². The minimum atomic E-state index is -0.546. The fraction of sp³-hybridized carbons (Fsp3) is 0.263. The molecule has 0 saturated carbocycles. The Morgan fingerprint density at radius 2 is 1.71 bits per heavy atom. The highest BCUT2D eigenvalue weighted by atomic mass is 16.6. The van der Waals surface area contributed by atoms with Gasteiger partial charge < -0.3 is 4.74 Å². The topological polar surface area (TPSA) is 114 Å². The van der Waals surface area contributed by atoms with Crippen LogP contribution in [0.5, 0.6) is 5.75 Å². The summed E-state index contributed by atoms with van der Waals surface area (Å²) >= 11 is 0. The second-order valence-electron chi connectivity index (χ2n) is 6.08. The fourth-order valence-electron chi connectivity index (χ4n) is 2.34. The van der Waals surface area contributed by atoms with E-state index in [1.807, 2.05) is 13.8 Å². The number of anilines is 1. The average Bonchev–Trinajstić information content (AvgIpc) is 2.63. The van der Waals surface area contributed by atoms with Crippen molar-refractivity contribution in [1.82, 2.24) is 0 Å². The van der Waals surface area contributed by atoms with Gasteiger partial charge in [-0.05, 0) is 50.2 Å². The molecule has 146 valence electrons. The molecule has 0 aliphatic heterocycles. The molecule has 2 rings (SSSR count). The van der Waals surface area contributed by atoms with Gasteiger partial charge in [-0.2, -0.15) is 10.2 Å². The Balaban J connectivity index is 2.06. The summed E-state index contributed by atoms with van der Waals surface area (Å²) in [5, 5.41) is 18.3. The van der Waals surface area contributed by atoms with Crippen LogP contribution in [0.15, 0.2) is 58.8 Å². The molecule has 0 aliphatic carbocycles. The van der Waals surface area contributed by atoms with Crippen molar-refractivity contribution in [3.05, 3.63) is 58.6 Å². The van der Waals surface area contributed by atoms with Gasteiger partial charge in [0.15, 0.2) is 0 Å². The lowest BCUT2D eigenvalue weighted by Gasteiger charge is -2.19. The van der Waals surface area contributed by atoms with E-state index in [4.69, 9.17) is 4.74 Å². The Morgan fingerprint density at radius 3 is 2.21 bits per heavy atom. The van der Waals surface area contributed by atoms with Gasteiger partial charge in [-0.1, -0.05) is 0 Å². The summed E-state index contributed by atoms with van der Waals surface area (Å²) in [6.07, 6.45) is 0.0104. The number of azo groups is 1. The highest BCUT2D eigenvalue weighted by Crippen LogP contribution is 2.21. The number of carbonyl (C=O) groups excluding carboxylic acids is 2. The number of benzene rings is 2. The van der Waals surface area contributed by atoms with Crippen molar-refractivity contribution < 1.29 is 19.2 Å². The van der Waals surface area contributed by atoms with Gasteiger partial charge in [0.25, 0.3) is 11.6 Å². The fourth-order valence-corrected chi connectivity index (χ4v) is 2.34. The van der Waals surface area contributed by atoms with Crippen LogP contribution in [0.25, 0.3) is 0 Å². The molecule has 9 heteroatoms. The molecule has 0 aromatic heterocycles. The minimum absolute atomic E-state index is 0.0104. The monoisotopic (exact) mass is 384 g/mol. The number of nitro benzene ring substituents is 1. The molecule has 0 radical (unpaired) electrons. The molecule has 2 aromatic rings. The van der Waals surface area contributed by atoms with Crippen molar-refractivity contribution in [2.45, 2.75) is 26.9 Å². The summed E-state index contributed by atoms with van der Waals surface area (Å²) in [6.45, 7) is 4.73. The van der Waals surface area contributed by atoms with E-state index in [2.05, 4.69) is 10.2 Å². The first kappa shape index (κ1) is 20.7. The number of ether oxygens (including phenoxy) is 1. The third-order valence-electron chi connectivity index (χ3n) is 3.48. The van der Waals surface area contributed by atoms with E-state index in [1.54, 1.807) is 24.3 Å². The maximum Gasteiger partial charge on any atom is 0.269 e. The van der Waals surface area contributed by atoms with E-state index in [1.165, 1.54) is 31.2 Å². The summed E-state index contributed by atoms with van der Waals surface area (Å²) in [4.78, 5) is 35.4. The normalized spacial score (nSPS) is 10.9. The van der Waals surface area contributed by atoms with E-state index >= 15 is 0 Å². The first-order chi connectivity index (χ1) is 13.3. The number of carbonyl (C=O) groups is 2. The lowest BCUT2D eigenvalue weighted by Crippen LogP contribution is -2.36. The second kappa shape index (κ2) is 9.36. The van der Waals surface area contributed by atoms with Crippen molar-refractivity contribution in [2.24, 2.45) is 10.2 Å². The van der Waals surface area contributed by atoms with Gasteiger partial charge in [0.1, 0.15) is 12.3 Å². The van der Waals surface area contributed by atoms with E-state index in [0.29, 0.717) is 17.1 Å². The zero-order valence-electron chi connectivity index (χ0n) is 15.7. The standard InChI is InChI=1S/C19H20N4O5/c1-13(2)28-18-10-8-16(9-11-18)22(14(3)24)19(25)12-20-21-15-4-6-17(7-5-15)23(26)27/h4-11,13H,12H2,1-3H3. The van der Waals surface area contributed by atoms with Crippen LogP contribution in [0.4, 0.5) is 17.1 Å². The predicted octanol–water partition coefficient (Wildman–Crippen LogP) is 4.05. The van der Waals surface area contributed by atoms with Gasteiger partial charge in [0.2, 0.25) is 5.91 Å². The lowest BCUT2D eigenvalue weighted by molar-refractivity contribution is -0.384. The minimum Gasteiger partial charge on any atom is -0.491 e. The van der Waals surface area contributed by atoms with Crippen LogP contribution in [0.2, 0.25) is 0 Å². The predicted molar refractivity (Wildman–Crippen MR) is 103 cm³/mol. The lowest BCUT2D eigenvalue weighted by atomic mass is 10.2. The smallest absolute Gasteiger partial charge is 0.269 e.